The van der Waals surface area contributed by atoms with Gasteiger partial charge in [0.25, 0.3) is 5.91 Å². The zero-order chi connectivity index (χ0) is 17.6. The van der Waals surface area contributed by atoms with Crippen molar-refractivity contribution in [3.63, 3.8) is 0 Å². The average Bonchev–Trinajstić information content (AvgIpc) is 2.64. The highest BCUT2D eigenvalue weighted by molar-refractivity contribution is 6.05. The molecular formula is C20H17NO4. The van der Waals surface area contributed by atoms with Crippen molar-refractivity contribution in [2.45, 2.75) is 0 Å². The minimum atomic E-state index is -0.359. The van der Waals surface area contributed by atoms with E-state index in [4.69, 9.17) is 9.47 Å². The highest BCUT2D eigenvalue weighted by Gasteiger charge is 2.12. The van der Waals surface area contributed by atoms with Gasteiger partial charge in [-0.15, -0.1) is 0 Å². The van der Waals surface area contributed by atoms with Crippen molar-refractivity contribution in [3.05, 3.63) is 78.4 Å². The molecule has 0 saturated carbocycles. The van der Waals surface area contributed by atoms with Gasteiger partial charge in [0.05, 0.1) is 12.8 Å². The van der Waals surface area contributed by atoms with Gasteiger partial charge in [0, 0.05) is 5.56 Å². The van der Waals surface area contributed by atoms with Gasteiger partial charge in [0.1, 0.15) is 11.5 Å². The molecule has 0 heterocycles. The molecule has 0 aromatic heterocycles. The summed E-state index contributed by atoms with van der Waals surface area (Å²) in [5.74, 6) is 1.05. The van der Waals surface area contributed by atoms with Gasteiger partial charge in [-0.1, -0.05) is 30.3 Å². The number of para-hydroxylation sites is 2. The molecule has 0 fully saturated rings. The number of amides is 1. The van der Waals surface area contributed by atoms with Crippen molar-refractivity contribution >= 4 is 11.6 Å². The number of hydrogen-bond donors (Lipinski definition) is 2. The van der Waals surface area contributed by atoms with Crippen LogP contribution in [0.25, 0.3) is 0 Å². The molecule has 3 aromatic rings. The van der Waals surface area contributed by atoms with Gasteiger partial charge in [0.15, 0.2) is 11.5 Å². The number of methoxy groups -OCH3 is 1. The highest BCUT2D eigenvalue weighted by Crippen LogP contribution is 2.33. The molecule has 3 aromatic carbocycles. The standard InChI is InChI=1S/C20H17NO4/c1-24-18-12-6-11-17(19(18)22)21-20(23)14-7-5-10-16(13-14)25-15-8-3-2-4-9-15/h2-13,22H,1H3,(H,21,23). The fourth-order valence-corrected chi connectivity index (χ4v) is 2.31. The maximum atomic E-state index is 12.5. The largest absolute Gasteiger partial charge is 0.503 e. The molecule has 126 valence electrons. The van der Waals surface area contributed by atoms with Crippen LogP contribution in [0.15, 0.2) is 72.8 Å². The van der Waals surface area contributed by atoms with Crippen LogP contribution in [0.4, 0.5) is 5.69 Å². The van der Waals surface area contributed by atoms with E-state index in [9.17, 15) is 9.90 Å². The first-order valence-electron chi connectivity index (χ1n) is 7.67. The summed E-state index contributed by atoms with van der Waals surface area (Å²) in [6.45, 7) is 0. The quantitative estimate of drug-likeness (QED) is 0.676. The number of anilines is 1. The zero-order valence-electron chi connectivity index (χ0n) is 13.6. The smallest absolute Gasteiger partial charge is 0.255 e. The van der Waals surface area contributed by atoms with Crippen LogP contribution in [0.1, 0.15) is 10.4 Å². The van der Waals surface area contributed by atoms with Crippen LogP contribution < -0.4 is 14.8 Å². The Morgan fingerprint density at radius 2 is 1.64 bits per heavy atom. The summed E-state index contributed by atoms with van der Waals surface area (Å²) in [4.78, 5) is 12.5. The molecule has 0 atom stereocenters. The predicted molar refractivity (Wildman–Crippen MR) is 95.6 cm³/mol. The number of ether oxygens (including phenoxy) is 2. The molecule has 0 radical (unpaired) electrons. The number of carbonyl (C=O) groups is 1. The first-order valence-corrected chi connectivity index (χ1v) is 7.67. The van der Waals surface area contributed by atoms with Crippen LogP contribution in [-0.4, -0.2) is 18.1 Å². The van der Waals surface area contributed by atoms with Crippen molar-refractivity contribution in [2.75, 3.05) is 12.4 Å². The van der Waals surface area contributed by atoms with Gasteiger partial charge in [0.2, 0.25) is 0 Å². The van der Waals surface area contributed by atoms with Crippen LogP contribution >= 0.6 is 0 Å². The number of phenolic OH excluding ortho intramolecular Hbond substituents is 1. The lowest BCUT2D eigenvalue weighted by Crippen LogP contribution is -2.12. The molecule has 0 spiro atoms. The Morgan fingerprint density at radius 1 is 0.920 bits per heavy atom. The van der Waals surface area contributed by atoms with Gasteiger partial charge in [-0.25, -0.2) is 0 Å². The second-order valence-electron chi connectivity index (χ2n) is 5.25. The van der Waals surface area contributed by atoms with E-state index in [-0.39, 0.29) is 17.3 Å². The first-order chi connectivity index (χ1) is 12.2. The van der Waals surface area contributed by atoms with Gasteiger partial charge in [-0.2, -0.15) is 0 Å². The van der Waals surface area contributed by atoms with E-state index in [1.165, 1.54) is 7.11 Å². The third-order valence-electron chi connectivity index (χ3n) is 3.54. The Hall–Kier alpha value is -3.47. The minimum Gasteiger partial charge on any atom is -0.503 e. The first kappa shape index (κ1) is 16.4. The third kappa shape index (κ3) is 3.90. The normalized spacial score (nSPS) is 10.1. The molecule has 5 nitrogen and oxygen atoms in total. The summed E-state index contributed by atoms with van der Waals surface area (Å²) in [6.07, 6.45) is 0. The SMILES string of the molecule is COc1cccc(NC(=O)c2cccc(Oc3ccccc3)c2)c1O. The van der Waals surface area contributed by atoms with E-state index in [0.717, 1.165) is 0 Å². The van der Waals surface area contributed by atoms with E-state index in [1.54, 1.807) is 42.5 Å². The van der Waals surface area contributed by atoms with Crippen LogP contribution in [0, 0.1) is 0 Å². The van der Waals surface area contributed by atoms with Crippen LogP contribution in [0.3, 0.4) is 0 Å². The molecule has 0 bridgehead atoms. The lowest BCUT2D eigenvalue weighted by molar-refractivity contribution is 0.102. The van der Waals surface area contributed by atoms with E-state index in [0.29, 0.717) is 22.8 Å². The number of phenols is 1. The van der Waals surface area contributed by atoms with Crippen molar-refractivity contribution in [1.82, 2.24) is 0 Å². The van der Waals surface area contributed by atoms with E-state index < -0.39 is 0 Å². The Bertz CT molecular complexity index is 878. The second-order valence-corrected chi connectivity index (χ2v) is 5.25. The topological polar surface area (TPSA) is 67.8 Å². The number of carbonyl (C=O) groups excluding carboxylic acids is 1. The lowest BCUT2D eigenvalue weighted by atomic mass is 10.2. The maximum Gasteiger partial charge on any atom is 0.255 e. The Kier molecular flexibility index (Phi) is 4.85. The minimum absolute atomic E-state index is 0.116. The highest BCUT2D eigenvalue weighted by atomic mass is 16.5. The summed E-state index contributed by atoms with van der Waals surface area (Å²) in [5, 5.41) is 12.7. The number of nitrogens with one attached hydrogen (secondary N) is 1. The van der Waals surface area contributed by atoms with E-state index >= 15 is 0 Å². The summed E-state index contributed by atoms with van der Waals surface area (Å²) in [6, 6.07) is 21.0. The van der Waals surface area contributed by atoms with Gasteiger partial charge in [-0.05, 0) is 42.5 Å². The van der Waals surface area contributed by atoms with E-state index in [2.05, 4.69) is 5.32 Å². The third-order valence-corrected chi connectivity index (χ3v) is 3.54. The molecule has 5 heteroatoms. The monoisotopic (exact) mass is 335 g/mol. The van der Waals surface area contributed by atoms with Crippen molar-refractivity contribution < 1.29 is 19.4 Å². The Balaban J connectivity index is 1.78. The van der Waals surface area contributed by atoms with Crippen molar-refractivity contribution in [1.29, 1.82) is 0 Å². The fourth-order valence-electron chi connectivity index (χ4n) is 2.31. The summed E-state index contributed by atoms with van der Waals surface area (Å²) < 4.78 is 10.8. The molecule has 0 aliphatic rings. The molecule has 0 aliphatic heterocycles. The maximum absolute atomic E-state index is 12.5. The molecule has 0 unspecified atom stereocenters. The van der Waals surface area contributed by atoms with Crippen molar-refractivity contribution in [3.8, 4) is 23.0 Å². The molecule has 0 saturated heterocycles. The molecule has 25 heavy (non-hydrogen) atoms. The summed E-state index contributed by atoms with van der Waals surface area (Å²) in [5.41, 5.74) is 0.689. The predicted octanol–water partition coefficient (Wildman–Crippen LogP) is 4.45. The molecular weight excluding hydrogens is 318 g/mol. The number of hydrogen-bond acceptors (Lipinski definition) is 4. The molecule has 3 rings (SSSR count). The van der Waals surface area contributed by atoms with Gasteiger partial charge < -0.3 is 19.9 Å². The Labute approximate surface area is 145 Å². The van der Waals surface area contributed by atoms with Gasteiger partial charge >= 0.3 is 0 Å². The zero-order valence-corrected chi connectivity index (χ0v) is 13.6. The molecule has 0 aliphatic carbocycles. The van der Waals surface area contributed by atoms with E-state index in [1.807, 2.05) is 30.3 Å². The van der Waals surface area contributed by atoms with Crippen molar-refractivity contribution in [2.24, 2.45) is 0 Å². The summed E-state index contributed by atoms with van der Waals surface area (Å²) >= 11 is 0. The Morgan fingerprint density at radius 3 is 2.40 bits per heavy atom. The average molecular weight is 335 g/mol. The number of rotatable bonds is 5. The van der Waals surface area contributed by atoms with Crippen LogP contribution in [0.5, 0.6) is 23.0 Å². The second kappa shape index (κ2) is 7.40. The fraction of sp³-hybridized carbons (Fsp3) is 0.0500. The number of aromatic hydroxyl groups is 1. The molecule has 2 N–H and O–H groups in total. The summed E-state index contributed by atoms with van der Waals surface area (Å²) in [7, 11) is 1.45. The molecule has 1 amide bonds. The van der Waals surface area contributed by atoms with Crippen LogP contribution in [-0.2, 0) is 0 Å². The lowest BCUT2D eigenvalue weighted by Gasteiger charge is -2.11. The van der Waals surface area contributed by atoms with Crippen LogP contribution in [0.2, 0.25) is 0 Å². The van der Waals surface area contributed by atoms with Gasteiger partial charge in [-0.3, -0.25) is 4.79 Å². The number of benzene rings is 3.